The average Bonchev–Trinajstić information content (AvgIpc) is 2.93. The largest absolute Gasteiger partial charge is 0.484 e. The summed E-state index contributed by atoms with van der Waals surface area (Å²) in [5.74, 6) is -0.632. The van der Waals surface area contributed by atoms with E-state index in [1.807, 2.05) is 19.1 Å². The van der Waals surface area contributed by atoms with Crippen LogP contribution in [0.1, 0.15) is 21.9 Å². The maximum absolute atomic E-state index is 11.6. The Bertz CT molecular complexity index is 630. The number of hydrogen-bond acceptors (Lipinski definition) is 4. The van der Waals surface area contributed by atoms with Gasteiger partial charge in [0.1, 0.15) is 11.5 Å². The Hall–Kier alpha value is -2.76. The SMILES string of the molecule is Cc1ccc(OCC(=O)NCc2ccc(C(=O)O)o2)cc1. The molecule has 0 bridgehead atoms. The molecule has 0 radical (unpaired) electrons. The van der Waals surface area contributed by atoms with Crippen LogP contribution in [0.15, 0.2) is 40.8 Å². The highest BCUT2D eigenvalue weighted by molar-refractivity contribution is 5.84. The molecule has 1 amide bonds. The minimum absolute atomic E-state index is 0.114. The molecule has 6 nitrogen and oxygen atoms in total. The van der Waals surface area contributed by atoms with Gasteiger partial charge in [0.2, 0.25) is 5.76 Å². The number of carbonyl (C=O) groups is 2. The third-order valence-electron chi connectivity index (χ3n) is 2.72. The van der Waals surface area contributed by atoms with Crippen LogP contribution in [0.25, 0.3) is 0 Å². The van der Waals surface area contributed by atoms with Crippen molar-refractivity contribution >= 4 is 11.9 Å². The molecule has 0 fully saturated rings. The van der Waals surface area contributed by atoms with E-state index in [2.05, 4.69) is 5.32 Å². The van der Waals surface area contributed by atoms with Crippen molar-refractivity contribution < 1.29 is 23.8 Å². The van der Waals surface area contributed by atoms with Gasteiger partial charge in [0, 0.05) is 0 Å². The monoisotopic (exact) mass is 289 g/mol. The molecule has 0 saturated heterocycles. The van der Waals surface area contributed by atoms with Gasteiger partial charge in [0.05, 0.1) is 6.54 Å². The Morgan fingerprint density at radius 2 is 1.90 bits per heavy atom. The second kappa shape index (κ2) is 6.60. The number of carbonyl (C=O) groups excluding carboxylic acids is 1. The fourth-order valence-electron chi connectivity index (χ4n) is 1.61. The molecule has 0 atom stereocenters. The van der Waals surface area contributed by atoms with Gasteiger partial charge in [0.15, 0.2) is 6.61 Å². The van der Waals surface area contributed by atoms with Crippen LogP contribution in [-0.4, -0.2) is 23.6 Å². The zero-order valence-corrected chi connectivity index (χ0v) is 11.5. The maximum atomic E-state index is 11.6. The van der Waals surface area contributed by atoms with Crippen molar-refractivity contribution in [1.29, 1.82) is 0 Å². The summed E-state index contributed by atoms with van der Waals surface area (Å²) < 4.78 is 10.3. The lowest BCUT2D eigenvalue weighted by Gasteiger charge is -2.06. The lowest BCUT2D eigenvalue weighted by atomic mass is 10.2. The molecule has 110 valence electrons. The molecule has 0 saturated carbocycles. The van der Waals surface area contributed by atoms with E-state index in [4.69, 9.17) is 14.3 Å². The van der Waals surface area contributed by atoms with Crippen molar-refractivity contribution in [3.05, 3.63) is 53.5 Å². The van der Waals surface area contributed by atoms with Gasteiger partial charge < -0.3 is 19.6 Å². The number of carboxylic acids is 1. The van der Waals surface area contributed by atoms with Crippen molar-refractivity contribution in [3.63, 3.8) is 0 Å². The maximum Gasteiger partial charge on any atom is 0.371 e. The minimum atomic E-state index is -1.14. The van der Waals surface area contributed by atoms with Crippen molar-refractivity contribution in [3.8, 4) is 5.75 Å². The third kappa shape index (κ3) is 4.38. The van der Waals surface area contributed by atoms with E-state index in [1.54, 1.807) is 12.1 Å². The first-order valence-electron chi connectivity index (χ1n) is 6.33. The molecular weight excluding hydrogens is 274 g/mol. The normalized spacial score (nSPS) is 10.1. The molecule has 21 heavy (non-hydrogen) atoms. The van der Waals surface area contributed by atoms with Gasteiger partial charge >= 0.3 is 5.97 Å². The van der Waals surface area contributed by atoms with Crippen LogP contribution in [-0.2, 0) is 11.3 Å². The van der Waals surface area contributed by atoms with E-state index in [-0.39, 0.29) is 24.8 Å². The number of rotatable bonds is 6. The summed E-state index contributed by atoms with van der Waals surface area (Å²) in [7, 11) is 0. The van der Waals surface area contributed by atoms with Gasteiger partial charge in [-0.15, -0.1) is 0 Å². The summed E-state index contributed by atoms with van der Waals surface area (Å²) in [5, 5.41) is 11.3. The van der Waals surface area contributed by atoms with Gasteiger partial charge in [-0.2, -0.15) is 0 Å². The molecule has 1 aromatic heterocycles. The number of nitrogens with one attached hydrogen (secondary N) is 1. The second-order valence-corrected chi connectivity index (χ2v) is 4.45. The van der Waals surface area contributed by atoms with Crippen LogP contribution in [0, 0.1) is 6.92 Å². The van der Waals surface area contributed by atoms with Gasteiger partial charge in [-0.05, 0) is 31.2 Å². The smallest absolute Gasteiger partial charge is 0.371 e. The number of aryl methyl sites for hydroxylation is 1. The molecule has 0 aliphatic heterocycles. The fraction of sp³-hybridized carbons (Fsp3) is 0.200. The van der Waals surface area contributed by atoms with Crippen LogP contribution in [0.2, 0.25) is 0 Å². The second-order valence-electron chi connectivity index (χ2n) is 4.45. The third-order valence-corrected chi connectivity index (χ3v) is 2.72. The predicted molar refractivity (Wildman–Crippen MR) is 74.2 cm³/mol. The first-order chi connectivity index (χ1) is 10.0. The van der Waals surface area contributed by atoms with Crippen LogP contribution in [0.5, 0.6) is 5.75 Å². The lowest BCUT2D eigenvalue weighted by Crippen LogP contribution is -2.28. The van der Waals surface area contributed by atoms with Gasteiger partial charge in [0.25, 0.3) is 5.91 Å². The van der Waals surface area contributed by atoms with E-state index in [9.17, 15) is 9.59 Å². The van der Waals surface area contributed by atoms with E-state index in [1.165, 1.54) is 12.1 Å². The summed E-state index contributed by atoms with van der Waals surface area (Å²) in [5.41, 5.74) is 1.11. The molecule has 2 N–H and O–H groups in total. The quantitative estimate of drug-likeness (QED) is 0.848. The first kappa shape index (κ1) is 14.6. The molecule has 0 aliphatic rings. The van der Waals surface area contributed by atoms with E-state index >= 15 is 0 Å². The highest BCUT2D eigenvalue weighted by atomic mass is 16.5. The summed E-state index contributed by atoms with van der Waals surface area (Å²) in [6, 6.07) is 10.2. The summed E-state index contributed by atoms with van der Waals surface area (Å²) in [6.07, 6.45) is 0. The Labute approximate surface area is 121 Å². The Morgan fingerprint density at radius 3 is 2.52 bits per heavy atom. The number of furan rings is 1. The fourth-order valence-corrected chi connectivity index (χ4v) is 1.61. The molecule has 0 spiro atoms. The molecule has 0 aliphatic carbocycles. The first-order valence-corrected chi connectivity index (χ1v) is 6.33. The highest BCUT2D eigenvalue weighted by Crippen LogP contribution is 2.11. The predicted octanol–water partition coefficient (Wildman–Crippen LogP) is 1.98. The Balaban J connectivity index is 1.76. The van der Waals surface area contributed by atoms with Gasteiger partial charge in [-0.25, -0.2) is 4.79 Å². The molecule has 2 aromatic rings. The molecule has 6 heteroatoms. The molecular formula is C15H15NO5. The van der Waals surface area contributed by atoms with Gasteiger partial charge in [-0.3, -0.25) is 4.79 Å². The zero-order chi connectivity index (χ0) is 15.2. The van der Waals surface area contributed by atoms with Gasteiger partial charge in [-0.1, -0.05) is 17.7 Å². The zero-order valence-electron chi connectivity index (χ0n) is 11.5. The van der Waals surface area contributed by atoms with E-state index in [0.29, 0.717) is 11.5 Å². The van der Waals surface area contributed by atoms with Crippen molar-refractivity contribution in [1.82, 2.24) is 5.32 Å². The number of ether oxygens (including phenoxy) is 1. The van der Waals surface area contributed by atoms with Crippen molar-refractivity contribution in [2.75, 3.05) is 6.61 Å². The standard InChI is InChI=1S/C15H15NO5/c1-10-2-4-11(5-3-10)20-9-14(17)16-8-12-6-7-13(21-12)15(18)19/h2-7H,8-9H2,1H3,(H,16,17)(H,18,19). The summed E-state index contributed by atoms with van der Waals surface area (Å²) >= 11 is 0. The number of hydrogen-bond donors (Lipinski definition) is 2. The van der Waals surface area contributed by atoms with Crippen LogP contribution in [0.3, 0.4) is 0 Å². The summed E-state index contributed by atoms with van der Waals surface area (Å²) in [4.78, 5) is 22.2. The van der Waals surface area contributed by atoms with Crippen LogP contribution >= 0.6 is 0 Å². The number of carboxylic acid groups (broad SMARTS) is 1. The van der Waals surface area contributed by atoms with Crippen molar-refractivity contribution in [2.45, 2.75) is 13.5 Å². The van der Waals surface area contributed by atoms with Crippen LogP contribution < -0.4 is 10.1 Å². The summed E-state index contributed by atoms with van der Waals surface area (Å²) in [6.45, 7) is 1.96. The van der Waals surface area contributed by atoms with E-state index < -0.39 is 5.97 Å². The number of amides is 1. The number of aromatic carboxylic acids is 1. The van der Waals surface area contributed by atoms with Crippen molar-refractivity contribution in [2.24, 2.45) is 0 Å². The number of benzene rings is 1. The Morgan fingerprint density at radius 1 is 1.19 bits per heavy atom. The molecule has 1 aromatic carbocycles. The minimum Gasteiger partial charge on any atom is -0.484 e. The topological polar surface area (TPSA) is 88.8 Å². The molecule has 1 heterocycles. The van der Waals surface area contributed by atoms with Crippen LogP contribution in [0.4, 0.5) is 0 Å². The lowest BCUT2D eigenvalue weighted by molar-refractivity contribution is -0.123. The van der Waals surface area contributed by atoms with E-state index in [0.717, 1.165) is 5.56 Å². The Kier molecular flexibility index (Phi) is 4.61. The molecule has 0 unspecified atom stereocenters. The molecule has 2 rings (SSSR count). The highest BCUT2D eigenvalue weighted by Gasteiger charge is 2.10. The average molecular weight is 289 g/mol.